The summed E-state index contributed by atoms with van der Waals surface area (Å²) in [6, 6.07) is 4.45. The summed E-state index contributed by atoms with van der Waals surface area (Å²) in [6.07, 6.45) is 3.15. The lowest BCUT2D eigenvalue weighted by atomic mass is 10.3. The van der Waals surface area contributed by atoms with Crippen LogP contribution in [0, 0.1) is 0 Å². The molecule has 0 amide bonds. The molecule has 0 atom stereocenters. The number of hydrogen-bond acceptors (Lipinski definition) is 5. The van der Waals surface area contributed by atoms with Crippen molar-refractivity contribution in [2.45, 2.75) is 11.4 Å². The normalized spacial score (nSPS) is 11.4. The molecule has 19 heavy (non-hydrogen) atoms. The molecule has 0 fully saturated rings. The number of aromatic amines is 1. The molecular weight excluding hydrogens is 268 g/mol. The number of H-pyrrole nitrogens is 1. The van der Waals surface area contributed by atoms with E-state index >= 15 is 0 Å². The van der Waals surface area contributed by atoms with Crippen LogP contribution in [0.15, 0.2) is 35.5 Å². The number of methoxy groups -OCH3 is 1. The number of nitrogens with one attached hydrogen (secondary N) is 2. The number of sulfonamides is 1. The van der Waals surface area contributed by atoms with Gasteiger partial charge in [-0.3, -0.25) is 5.10 Å². The van der Waals surface area contributed by atoms with Gasteiger partial charge < -0.3 is 10.5 Å². The van der Waals surface area contributed by atoms with Gasteiger partial charge in [-0.25, -0.2) is 13.1 Å². The second-order valence-corrected chi connectivity index (χ2v) is 5.58. The van der Waals surface area contributed by atoms with E-state index in [-0.39, 0.29) is 17.2 Å². The van der Waals surface area contributed by atoms with Crippen molar-refractivity contribution in [3.05, 3.63) is 36.2 Å². The molecule has 7 nitrogen and oxygen atoms in total. The molecule has 2 aromatic rings. The summed E-state index contributed by atoms with van der Waals surface area (Å²) in [4.78, 5) is 0.0125. The third kappa shape index (κ3) is 3.04. The first kappa shape index (κ1) is 13.4. The van der Waals surface area contributed by atoms with Crippen molar-refractivity contribution in [3.8, 4) is 5.75 Å². The first-order valence-electron chi connectivity index (χ1n) is 5.44. The van der Waals surface area contributed by atoms with Gasteiger partial charge in [0.1, 0.15) is 10.6 Å². The van der Waals surface area contributed by atoms with E-state index in [2.05, 4.69) is 14.9 Å². The lowest BCUT2D eigenvalue weighted by molar-refractivity contribution is 0.402. The number of aromatic nitrogens is 2. The average molecular weight is 282 g/mol. The van der Waals surface area contributed by atoms with Crippen molar-refractivity contribution in [3.63, 3.8) is 0 Å². The first-order valence-corrected chi connectivity index (χ1v) is 6.92. The largest absolute Gasteiger partial charge is 0.495 e. The Morgan fingerprint density at radius 3 is 2.89 bits per heavy atom. The summed E-state index contributed by atoms with van der Waals surface area (Å²) >= 11 is 0. The van der Waals surface area contributed by atoms with Crippen molar-refractivity contribution in [2.24, 2.45) is 0 Å². The number of hydrogen-bond donors (Lipinski definition) is 3. The molecule has 4 N–H and O–H groups in total. The highest BCUT2D eigenvalue weighted by atomic mass is 32.2. The number of nitrogen functional groups attached to an aromatic ring is 1. The van der Waals surface area contributed by atoms with Gasteiger partial charge in [0, 0.05) is 24.0 Å². The Morgan fingerprint density at radius 2 is 2.26 bits per heavy atom. The monoisotopic (exact) mass is 282 g/mol. The Bertz CT molecular complexity index is 653. The van der Waals surface area contributed by atoms with E-state index in [9.17, 15) is 8.42 Å². The SMILES string of the molecule is COc1ccc(N)cc1S(=O)(=O)NCc1cn[nH]c1. The maximum Gasteiger partial charge on any atom is 0.244 e. The van der Waals surface area contributed by atoms with Gasteiger partial charge >= 0.3 is 0 Å². The molecule has 0 saturated carbocycles. The third-order valence-corrected chi connectivity index (χ3v) is 3.92. The van der Waals surface area contributed by atoms with Crippen molar-refractivity contribution >= 4 is 15.7 Å². The minimum Gasteiger partial charge on any atom is -0.495 e. The molecule has 0 saturated heterocycles. The van der Waals surface area contributed by atoms with Crippen LogP contribution < -0.4 is 15.2 Å². The standard InChI is InChI=1S/C11H14N4O3S/c1-18-10-3-2-9(12)4-11(10)19(16,17)15-7-8-5-13-14-6-8/h2-6,15H,7,12H2,1H3,(H,13,14). The topological polar surface area (TPSA) is 110 Å². The Kier molecular flexibility index (Phi) is 3.72. The number of ether oxygens (including phenoxy) is 1. The zero-order chi connectivity index (χ0) is 13.9. The number of anilines is 1. The van der Waals surface area contributed by atoms with Crippen LogP contribution in [-0.2, 0) is 16.6 Å². The maximum absolute atomic E-state index is 12.2. The van der Waals surface area contributed by atoms with Crippen LogP contribution in [0.2, 0.25) is 0 Å². The molecule has 0 aliphatic heterocycles. The first-order chi connectivity index (χ1) is 9.03. The van der Waals surface area contributed by atoms with Gasteiger partial charge in [-0.15, -0.1) is 0 Å². The van der Waals surface area contributed by atoms with Crippen LogP contribution in [0.4, 0.5) is 5.69 Å². The van der Waals surface area contributed by atoms with E-state index in [1.54, 1.807) is 18.5 Å². The predicted molar refractivity (Wildman–Crippen MR) is 70.0 cm³/mol. The van der Waals surface area contributed by atoms with E-state index in [4.69, 9.17) is 10.5 Å². The number of nitrogens with two attached hydrogens (primary N) is 1. The quantitative estimate of drug-likeness (QED) is 0.691. The van der Waals surface area contributed by atoms with Crippen molar-refractivity contribution in [2.75, 3.05) is 12.8 Å². The van der Waals surface area contributed by atoms with Crippen LogP contribution in [0.5, 0.6) is 5.75 Å². The number of nitrogens with zero attached hydrogens (tertiary/aromatic N) is 1. The maximum atomic E-state index is 12.2. The van der Waals surface area contributed by atoms with E-state index in [1.807, 2.05) is 0 Å². The highest BCUT2D eigenvalue weighted by Crippen LogP contribution is 2.25. The van der Waals surface area contributed by atoms with Crippen LogP contribution in [-0.4, -0.2) is 25.7 Å². The minimum atomic E-state index is -3.70. The fourth-order valence-electron chi connectivity index (χ4n) is 1.53. The Hall–Kier alpha value is -2.06. The van der Waals surface area contributed by atoms with E-state index in [1.165, 1.54) is 19.2 Å². The summed E-state index contributed by atoms with van der Waals surface area (Å²) in [5.74, 6) is 0.244. The van der Waals surface area contributed by atoms with Gasteiger partial charge in [0.05, 0.1) is 13.3 Å². The van der Waals surface area contributed by atoms with Gasteiger partial charge in [-0.1, -0.05) is 0 Å². The van der Waals surface area contributed by atoms with Crippen molar-refractivity contribution in [1.29, 1.82) is 0 Å². The number of rotatable bonds is 5. The van der Waals surface area contributed by atoms with E-state index < -0.39 is 10.0 Å². The molecule has 0 aliphatic carbocycles. The summed E-state index contributed by atoms with van der Waals surface area (Å²) in [5, 5.41) is 6.35. The fourth-order valence-corrected chi connectivity index (χ4v) is 2.75. The smallest absolute Gasteiger partial charge is 0.244 e. The molecule has 102 valence electrons. The van der Waals surface area contributed by atoms with Gasteiger partial charge in [0.25, 0.3) is 0 Å². The summed E-state index contributed by atoms with van der Waals surface area (Å²) in [7, 11) is -2.29. The second kappa shape index (κ2) is 5.29. The molecule has 2 rings (SSSR count). The van der Waals surface area contributed by atoms with E-state index in [0.717, 1.165) is 5.56 Å². The molecule has 1 aromatic heterocycles. The third-order valence-electron chi connectivity index (χ3n) is 2.50. The Morgan fingerprint density at radius 1 is 1.47 bits per heavy atom. The molecule has 0 bridgehead atoms. The van der Waals surface area contributed by atoms with Gasteiger partial charge in [-0.05, 0) is 18.2 Å². The highest BCUT2D eigenvalue weighted by molar-refractivity contribution is 7.89. The molecule has 0 aliphatic rings. The lowest BCUT2D eigenvalue weighted by Crippen LogP contribution is -2.23. The molecule has 0 unspecified atom stereocenters. The van der Waals surface area contributed by atoms with Crippen molar-refractivity contribution < 1.29 is 13.2 Å². The number of benzene rings is 1. The summed E-state index contributed by atoms with van der Waals surface area (Å²) < 4.78 is 31.9. The molecule has 1 heterocycles. The van der Waals surface area contributed by atoms with Gasteiger partial charge in [0.15, 0.2) is 0 Å². The van der Waals surface area contributed by atoms with Crippen LogP contribution >= 0.6 is 0 Å². The highest BCUT2D eigenvalue weighted by Gasteiger charge is 2.19. The minimum absolute atomic E-state index is 0.0125. The van der Waals surface area contributed by atoms with Crippen LogP contribution in [0.3, 0.4) is 0 Å². The van der Waals surface area contributed by atoms with Crippen molar-refractivity contribution in [1.82, 2.24) is 14.9 Å². The Balaban J connectivity index is 2.26. The molecule has 0 spiro atoms. The van der Waals surface area contributed by atoms with E-state index in [0.29, 0.717) is 5.69 Å². The van der Waals surface area contributed by atoms with Gasteiger partial charge in [-0.2, -0.15) is 5.10 Å². The summed E-state index contributed by atoms with van der Waals surface area (Å²) in [6.45, 7) is 0.136. The molecule has 1 aromatic carbocycles. The molecule has 0 radical (unpaired) electrons. The van der Waals surface area contributed by atoms with Gasteiger partial charge in [0.2, 0.25) is 10.0 Å². The second-order valence-electron chi connectivity index (χ2n) is 3.84. The zero-order valence-corrected chi connectivity index (χ0v) is 11.1. The Labute approximate surface area is 110 Å². The lowest BCUT2D eigenvalue weighted by Gasteiger charge is -2.10. The fraction of sp³-hybridized carbons (Fsp3) is 0.182. The zero-order valence-electron chi connectivity index (χ0n) is 10.3. The molecular formula is C11H14N4O3S. The predicted octanol–water partition coefficient (Wildman–Crippen LogP) is 0.479. The van der Waals surface area contributed by atoms with Crippen LogP contribution in [0.25, 0.3) is 0 Å². The average Bonchev–Trinajstić information content (AvgIpc) is 2.89. The summed E-state index contributed by atoms with van der Waals surface area (Å²) in [5.41, 5.74) is 6.69. The molecule has 8 heteroatoms. The van der Waals surface area contributed by atoms with Crippen LogP contribution in [0.1, 0.15) is 5.56 Å².